The summed E-state index contributed by atoms with van der Waals surface area (Å²) in [6, 6.07) is 4.01. The molecule has 0 amide bonds. The molecule has 1 spiro atoms. The zero-order chi connectivity index (χ0) is 15.4. The zero-order valence-corrected chi connectivity index (χ0v) is 13.1. The molecule has 3 rings (SSSR count). The van der Waals surface area contributed by atoms with Crippen LogP contribution in [0.1, 0.15) is 55.8 Å². The monoisotopic (exact) mass is 304 g/mol. The second-order valence-corrected chi connectivity index (χ2v) is 6.23. The molecule has 1 unspecified atom stereocenters. The number of nitrogens with zero attached hydrogens (tertiary/aromatic N) is 1. The molecular weight excluding hydrogens is 280 g/mol. The molecular formula is C17H24N2O3. The summed E-state index contributed by atoms with van der Waals surface area (Å²) in [5.41, 5.74) is 0.590. The number of hydrogen-bond donors (Lipinski definition) is 1. The third-order valence-electron chi connectivity index (χ3n) is 4.63. The smallest absolute Gasteiger partial charge is 0.339 e. The second kappa shape index (κ2) is 6.65. The third-order valence-corrected chi connectivity index (χ3v) is 4.63. The molecule has 120 valence electrons. The van der Waals surface area contributed by atoms with Crippen molar-refractivity contribution >= 4 is 11.8 Å². The fraction of sp³-hybridized carbons (Fsp3) is 0.647. The molecule has 1 saturated heterocycles. The second-order valence-electron chi connectivity index (χ2n) is 6.23. The minimum Gasteiger partial charge on any atom is -0.462 e. The van der Waals surface area contributed by atoms with Crippen LogP contribution in [0.4, 0.5) is 5.82 Å². The first-order chi connectivity index (χ1) is 10.7. The van der Waals surface area contributed by atoms with Crippen molar-refractivity contribution in [2.75, 3.05) is 18.5 Å². The standard InChI is InChI=1S/C17H24N2O3/c1-2-21-16(20)13-5-6-15(18-12-13)19-14-7-10-22-17(11-14)8-3-4-9-17/h5-6,12,14H,2-4,7-11H2,1H3,(H,18,19). The van der Waals surface area contributed by atoms with E-state index in [0.29, 0.717) is 18.2 Å². The molecule has 1 aliphatic heterocycles. The Labute approximate surface area is 131 Å². The summed E-state index contributed by atoms with van der Waals surface area (Å²) in [6.07, 6.45) is 8.54. The molecule has 1 aromatic rings. The SMILES string of the molecule is CCOC(=O)c1ccc(NC2CCOC3(CCCC3)C2)nc1. The lowest BCUT2D eigenvalue weighted by Crippen LogP contribution is -2.42. The van der Waals surface area contributed by atoms with Gasteiger partial charge in [0.15, 0.2) is 0 Å². The lowest BCUT2D eigenvalue weighted by Gasteiger charge is -2.38. The summed E-state index contributed by atoms with van der Waals surface area (Å²) < 4.78 is 11.0. The number of aromatic nitrogens is 1. The van der Waals surface area contributed by atoms with Crippen LogP contribution in [0.25, 0.3) is 0 Å². The first-order valence-electron chi connectivity index (χ1n) is 8.24. The highest BCUT2D eigenvalue weighted by atomic mass is 16.5. The van der Waals surface area contributed by atoms with E-state index >= 15 is 0 Å². The van der Waals surface area contributed by atoms with Crippen LogP contribution in [0.5, 0.6) is 0 Å². The van der Waals surface area contributed by atoms with Crippen molar-refractivity contribution in [3.8, 4) is 0 Å². The van der Waals surface area contributed by atoms with E-state index in [0.717, 1.165) is 25.3 Å². The van der Waals surface area contributed by atoms with Gasteiger partial charge >= 0.3 is 5.97 Å². The van der Waals surface area contributed by atoms with Gasteiger partial charge in [-0.2, -0.15) is 0 Å². The van der Waals surface area contributed by atoms with Crippen molar-refractivity contribution in [1.82, 2.24) is 4.98 Å². The summed E-state index contributed by atoms with van der Waals surface area (Å²) in [4.78, 5) is 16.0. The van der Waals surface area contributed by atoms with Gasteiger partial charge in [-0.05, 0) is 44.7 Å². The van der Waals surface area contributed by atoms with Gasteiger partial charge in [-0.25, -0.2) is 9.78 Å². The number of esters is 1. The molecule has 1 atom stereocenters. The molecule has 5 heteroatoms. The fourth-order valence-electron chi connectivity index (χ4n) is 3.54. The van der Waals surface area contributed by atoms with Gasteiger partial charge in [0.2, 0.25) is 0 Å². The average Bonchev–Trinajstić information content (AvgIpc) is 2.96. The molecule has 22 heavy (non-hydrogen) atoms. The normalized spacial score (nSPS) is 23.4. The Bertz CT molecular complexity index is 509. The minimum atomic E-state index is -0.322. The average molecular weight is 304 g/mol. The molecule has 1 aliphatic carbocycles. The third kappa shape index (κ3) is 3.40. The van der Waals surface area contributed by atoms with E-state index in [9.17, 15) is 4.79 Å². The Balaban J connectivity index is 1.59. The summed E-state index contributed by atoms with van der Waals surface area (Å²) in [7, 11) is 0. The van der Waals surface area contributed by atoms with Gasteiger partial charge in [0.25, 0.3) is 0 Å². The van der Waals surface area contributed by atoms with Gasteiger partial charge in [0.1, 0.15) is 5.82 Å². The summed E-state index contributed by atoms with van der Waals surface area (Å²) >= 11 is 0. The van der Waals surface area contributed by atoms with Gasteiger partial charge in [-0.3, -0.25) is 0 Å². The van der Waals surface area contributed by atoms with Crippen LogP contribution in [0.2, 0.25) is 0 Å². The Kier molecular flexibility index (Phi) is 4.62. The van der Waals surface area contributed by atoms with E-state index in [-0.39, 0.29) is 11.6 Å². The summed E-state index contributed by atoms with van der Waals surface area (Å²) in [5, 5.41) is 3.49. The van der Waals surface area contributed by atoms with Crippen LogP contribution in [-0.4, -0.2) is 35.8 Å². The highest BCUT2D eigenvalue weighted by Gasteiger charge is 2.39. The topological polar surface area (TPSA) is 60.5 Å². The number of pyridine rings is 1. The molecule has 2 aliphatic rings. The largest absolute Gasteiger partial charge is 0.462 e. The highest BCUT2D eigenvalue weighted by molar-refractivity contribution is 5.89. The van der Waals surface area contributed by atoms with Crippen molar-refractivity contribution in [3.05, 3.63) is 23.9 Å². The van der Waals surface area contributed by atoms with E-state index in [2.05, 4.69) is 10.3 Å². The van der Waals surface area contributed by atoms with Gasteiger partial charge in [-0.15, -0.1) is 0 Å². The first kappa shape index (κ1) is 15.3. The number of hydrogen-bond acceptors (Lipinski definition) is 5. The molecule has 0 bridgehead atoms. The molecule has 2 fully saturated rings. The van der Waals surface area contributed by atoms with Crippen molar-refractivity contribution in [2.45, 2.75) is 57.1 Å². The van der Waals surface area contributed by atoms with Crippen LogP contribution >= 0.6 is 0 Å². The lowest BCUT2D eigenvalue weighted by molar-refractivity contribution is -0.0767. The number of carbonyl (C=O) groups excluding carboxylic acids is 1. The van der Waals surface area contributed by atoms with Gasteiger partial charge in [0.05, 0.1) is 17.8 Å². The molecule has 5 nitrogen and oxygen atoms in total. The number of ether oxygens (including phenoxy) is 2. The van der Waals surface area contributed by atoms with Crippen LogP contribution in [0, 0.1) is 0 Å². The maximum atomic E-state index is 11.6. The lowest BCUT2D eigenvalue weighted by atomic mass is 9.89. The Morgan fingerprint density at radius 3 is 2.95 bits per heavy atom. The minimum absolute atomic E-state index is 0.0980. The van der Waals surface area contributed by atoms with E-state index < -0.39 is 0 Å². The Hall–Kier alpha value is -1.62. The summed E-state index contributed by atoms with van der Waals surface area (Å²) in [6.45, 7) is 2.99. The van der Waals surface area contributed by atoms with Crippen molar-refractivity contribution in [1.29, 1.82) is 0 Å². The number of rotatable bonds is 4. The molecule has 2 heterocycles. The summed E-state index contributed by atoms with van der Waals surface area (Å²) in [5.74, 6) is 0.491. The van der Waals surface area contributed by atoms with Crippen LogP contribution in [-0.2, 0) is 9.47 Å². The number of carbonyl (C=O) groups is 1. The molecule has 1 N–H and O–H groups in total. The van der Waals surface area contributed by atoms with Gasteiger partial charge in [-0.1, -0.05) is 12.8 Å². The van der Waals surface area contributed by atoms with Gasteiger partial charge in [0, 0.05) is 18.8 Å². The number of anilines is 1. The van der Waals surface area contributed by atoms with E-state index in [1.54, 1.807) is 19.2 Å². The fourth-order valence-corrected chi connectivity index (χ4v) is 3.54. The molecule has 0 aromatic carbocycles. The Morgan fingerprint density at radius 1 is 1.45 bits per heavy atom. The maximum absolute atomic E-state index is 11.6. The van der Waals surface area contributed by atoms with Crippen LogP contribution in [0.15, 0.2) is 18.3 Å². The van der Waals surface area contributed by atoms with E-state index in [1.165, 1.54) is 25.7 Å². The van der Waals surface area contributed by atoms with Crippen LogP contribution < -0.4 is 5.32 Å². The van der Waals surface area contributed by atoms with Crippen molar-refractivity contribution in [3.63, 3.8) is 0 Å². The first-order valence-corrected chi connectivity index (χ1v) is 8.24. The predicted octanol–water partition coefficient (Wildman–Crippen LogP) is 3.16. The maximum Gasteiger partial charge on any atom is 0.339 e. The number of nitrogens with one attached hydrogen (secondary N) is 1. The van der Waals surface area contributed by atoms with Gasteiger partial charge < -0.3 is 14.8 Å². The highest BCUT2D eigenvalue weighted by Crippen LogP contribution is 2.40. The molecule has 1 aromatic heterocycles. The van der Waals surface area contributed by atoms with Crippen molar-refractivity contribution < 1.29 is 14.3 Å². The zero-order valence-electron chi connectivity index (χ0n) is 13.1. The Morgan fingerprint density at radius 2 is 2.27 bits per heavy atom. The van der Waals surface area contributed by atoms with E-state index in [4.69, 9.17) is 9.47 Å². The predicted molar refractivity (Wildman–Crippen MR) is 84.0 cm³/mol. The van der Waals surface area contributed by atoms with Crippen molar-refractivity contribution in [2.24, 2.45) is 0 Å². The van der Waals surface area contributed by atoms with E-state index in [1.807, 2.05) is 6.07 Å². The van der Waals surface area contributed by atoms with Crippen LogP contribution in [0.3, 0.4) is 0 Å². The molecule has 1 saturated carbocycles. The quantitative estimate of drug-likeness (QED) is 0.866. The molecule has 0 radical (unpaired) electrons.